The lowest BCUT2D eigenvalue weighted by molar-refractivity contribution is -0.118. The van der Waals surface area contributed by atoms with E-state index in [4.69, 9.17) is 5.73 Å². The number of hydrogen-bond acceptors (Lipinski definition) is 3. The van der Waals surface area contributed by atoms with Crippen molar-refractivity contribution in [1.29, 1.82) is 0 Å². The molecule has 1 heterocycles. The largest absolute Gasteiger partial charge is 0.368 e. The third-order valence-corrected chi connectivity index (χ3v) is 3.00. The summed E-state index contributed by atoms with van der Waals surface area (Å²) in [6.45, 7) is 5.78. The normalized spacial score (nSPS) is 11.2. The Morgan fingerprint density at radius 1 is 1.37 bits per heavy atom. The average Bonchev–Trinajstić information content (AvgIpc) is 2.31. The SMILES string of the molecule is Cc1ccc2c(=O)n(CC(N)=O)nc(C(C)C)c2c1. The molecule has 0 fully saturated rings. The second kappa shape index (κ2) is 4.84. The van der Waals surface area contributed by atoms with Gasteiger partial charge < -0.3 is 5.73 Å². The van der Waals surface area contributed by atoms with Gasteiger partial charge in [0, 0.05) is 5.39 Å². The van der Waals surface area contributed by atoms with Gasteiger partial charge in [-0.15, -0.1) is 0 Å². The second-order valence-corrected chi connectivity index (χ2v) is 5.02. The number of amides is 1. The summed E-state index contributed by atoms with van der Waals surface area (Å²) in [6, 6.07) is 5.61. The zero-order valence-electron chi connectivity index (χ0n) is 11.3. The summed E-state index contributed by atoms with van der Waals surface area (Å²) in [5, 5.41) is 5.71. The number of benzene rings is 1. The fourth-order valence-electron chi connectivity index (χ4n) is 2.11. The molecule has 5 heteroatoms. The van der Waals surface area contributed by atoms with Crippen LogP contribution >= 0.6 is 0 Å². The summed E-state index contributed by atoms with van der Waals surface area (Å²) in [5.41, 5.74) is 6.75. The molecule has 1 amide bonds. The van der Waals surface area contributed by atoms with Crippen LogP contribution in [0.5, 0.6) is 0 Å². The predicted molar refractivity (Wildman–Crippen MR) is 74.0 cm³/mol. The molecule has 0 bridgehead atoms. The second-order valence-electron chi connectivity index (χ2n) is 5.02. The maximum absolute atomic E-state index is 12.2. The number of aryl methyl sites for hydroxylation is 1. The Labute approximate surface area is 111 Å². The summed E-state index contributed by atoms with van der Waals surface area (Å²) in [6.07, 6.45) is 0. The molecule has 0 aliphatic rings. The molecule has 5 nitrogen and oxygen atoms in total. The third-order valence-electron chi connectivity index (χ3n) is 3.00. The molecule has 1 aromatic heterocycles. The summed E-state index contributed by atoms with van der Waals surface area (Å²) in [5.74, 6) is -0.417. The summed E-state index contributed by atoms with van der Waals surface area (Å²) in [4.78, 5) is 23.3. The van der Waals surface area contributed by atoms with Gasteiger partial charge in [0.1, 0.15) is 6.54 Å². The van der Waals surface area contributed by atoms with Gasteiger partial charge in [0.15, 0.2) is 0 Å². The van der Waals surface area contributed by atoms with Crippen molar-refractivity contribution >= 4 is 16.7 Å². The van der Waals surface area contributed by atoms with Gasteiger partial charge in [0.2, 0.25) is 5.91 Å². The molecule has 0 saturated carbocycles. The molecule has 0 unspecified atom stereocenters. The van der Waals surface area contributed by atoms with E-state index in [0.29, 0.717) is 5.39 Å². The number of hydrogen-bond donors (Lipinski definition) is 1. The molecule has 0 aliphatic carbocycles. The maximum Gasteiger partial charge on any atom is 0.275 e. The Morgan fingerprint density at radius 3 is 2.63 bits per heavy atom. The van der Waals surface area contributed by atoms with Gasteiger partial charge in [-0.3, -0.25) is 9.59 Å². The molecule has 2 rings (SSSR count). The van der Waals surface area contributed by atoms with Gasteiger partial charge >= 0.3 is 0 Å². The zero-order valence-corrected chi connectivity index (χ0v) is 11.3. The first-order chi connectivity index (χ1) is 8.90. The minimum atomic E-state index is -0.573. The molecule has 0 radical (unpaired) electrons. The third kappa shape index (κ3) is 2.50. The van der Waals surface area contributed by atoms with E-state index in [1.165, 1.54) is 0 Å². The van der Waals surface area contributed by atoms with Gasteiger partial charge in [-0.25, -0.2) is 4.68 Å². The highest BCUT2D eigenvalue weighted by molar-refractivity contribution is 5.85. The minimum absolute atomic E-state index is 0.157. The summed E-state index contributed by atoms with van der Waals surface area (Å²) in [7, 11) is 0. The fraction of sp³-hybridized carbons (Fsp3) is 0.357. The van der Waals surface area contributed by atoms with Crippen LogP contribution in [-0.2, 0) is 11.3 Å². The van der Waals surface area contributed by atoms with Crippen molar-refractivity contribution in [3.8, 4) is 0 Å². The molecule has 100 valence electrons. The topological polar surface area (TPSA) is 78.0 Å². The van der Waals surface area contributed by atoms with Crippen molar-refractivity contribution in [1.82, 2.24) is 9.78 Å². The van der Waals surface area contributed by atoms with E-state index in [9.17, 15) is 9.59 Å². The Morgan fingerprint density at radius 2 is 2.05 bits per heavy atom. The summed E-state index contributed by atoms with van der Waals surface area (Å²) >= 11 is 0. The first kappa shape index (κ1) is 13.3. The van der Waals surface area contributed by atoms with Gasteiger partial charge in [-0.2, -0.15) is 5.10 Å². The van der Waals surface area contributed by atoms with Crippen LogP contribution in [0.2, 0.25) is 0 Å². The van der Waals surface area contributed by atoms with Crippen LogP contribution in [-0.4, -0.2) is 15.7 Å². The standard InChI is InChI=1S/C14H17N3O2/c1-8(2)13-11-6-9(3)4-5-10(11)14(19)17(16-13)7-12(15)18/h4-6,8H,7H2,1-3H3,(H2,15,18). The molecule has 0 atom stereocenters. The zero-order chi connectivity index (χ0) is 14.2. The number of aromatic nitrogens is 2. The van der Waals surface area contributed by atoms with Crippen molar-refractivity contribution in [3.63, 3.8) is 0 Å². The smallest absolute Gasteiger partial charge is 0.275 e. The number of primary amides is 1. The molecular weight excluding hydrogens is 242 g/mol. The number of nitrogens with two attached hydrogens (primary N) is 1. The number of fused-ring (bicyclic) bond motifs is 1. The van der Waals surface area contributed by atoms with Crippen LogP contribution in [0.4, 0.5) is 0 Å². The number of carbonyl (C=O) groups is 1. The number of rotatable bonds is 3. The highest BCUT2D eigenvalue weighted by atomic mass is 16.2. The molecule has 19 heavy (non-hydrogen) atoms. The van der Waals surface area contributed by atoms with Crippen molar-refractivity contribution in [2.45, 2.75) is 33.2 Å². The maximum atomic E-state index is 12.2. The number of carbonyl (C=O) groups excluding carboxylic acids is 1. The van der Waals surface area contributed by atoms with E-state index >= 15 is 0 Å². The van der Waals surface area contributed by atoms with Crippen LogP contribution in [0.3, 0.4) is 0 Å². The lowest BCUT2D eigenvalue weighted by atomic mass is 10.0. The molecule has 2 N–H and O–H groups in total. The lowest BCUT2D eigenvalue weighted by Gasteiger charge is -2.12. The molecule has 2 aromatic rings. The van der Waals surface area contributed by atoms with Crippen LogP contribution in [0, 0.1) is 6.92 Å². The van der Waals surface area contributed by atoms with E-state index in [-0.39, 0.29) is 18.0 Å². The van der Waals surface area contributed by atoms with Crippen LogP contribution < -0.4 is 11.3 Å². The van der Waals surface area contributed by atoms with Crippen molar-refractivity contribution in [2.75, 3.05) is 0 Å². The van der Waals surface area contributed by atoms with Crippen LogP contribution in [0.15, 0.2) is 23.0 Å². The van der Waals surface area contributed by atoms with E-state index in [1.54, 1.807) is 6.07 Å². The molecule has 0 aliphatic heterocycles. The monoisotopic (exact) mass is 259 g/mol. The molecule has 0 spiro atoms. The Bertz CT molecular complexity index is 702. The van der Waals surface area contributed by atoms with Gasteiger partial charge in [-0.05, 0) is 25.0 Å². The predicted octanol–water partition coefficient (Wildman–Crippen LogP) is 1.31. The first-order valence-electron chi connectivity index (χ1n) is 6.20. The lowest BCUT2D eigenvalue weighted by Crippen LogP contribution is -2.31. The quantitative estimate of drug-likeness (QED) is 0.902. The van der Waals surface area contributed by atoms with E-state index in [1.807, 2.05) is 32.9 Å². The van der Waals surface area contributed by atoms with E-state index < -0.39 is 5.91 Å². The average molecular weight is 259 g/mol. The van der Waals surface area contributed by atoms with Gasteiger partial charge in [0.05, 0.1) is 11.1 Å². The highest BCUT2D eigenvalue weighted by Gasteiger charge is 2.14. The van der Waals surface area contributed by atoms with E-state index in [0.717, 1.165) is 21.3 Å². The van der Waals surface area contributed by atoms with Crippen molar-refractivity contribution in [2.24, 2.45) is 5.73 Å². The van der Waals surface area contributed by atoms with Crippen molar-refractivity contribution < 1.29 is 4.79 Å². The highest BCUT2D eigenvalue weighted by Crippen LogP contribution is 2.21. The first-order valence-corrected chi connectivity index (χ1v) is 6.20. The van der Waals surface area contributed by atoms with Crippen LogP contribution in [0.1, 0.15) is 31.0 Å². The Hall–Kier alpha value is -2.17. The fourth-order valence-corrected chi connectivity index (χ4v) is 2.11. The van der Waals surface area contributed by atoms with Crippen LogP contribution in [0.25, 0.3) is 10.8 Å². The Kier molecular flexibility index (Phi) is 3.38. The van der Waals surface area contributed by atoms with Gasteiger partial charge in [-0.1, -0.05) is 25.5 Å². The minimum Gasteiger partial charge on any atom is -0.368 e. The molecular formula is C14H17N3O2. The Balaban J connectivity index is 2.82. The van der Waals surface area contributed by atoms with Crippen molar-refractivity contribution in [3.05, 3.63) is 39.8 Å². The molecule has 1 aromatic carbocycles. The number of nitrogens with zero attached hydrogens (tertiary/aromatic N) is 2. The van der Waals surface area contributed by atoms with E-state index in [2.05, 4.69) is 5.10 Å². The summed E-state index contributed by atoms with van der Waals surface area (Å²) < 4.78 is 1.15. The van der Waals surface area contributed by atoms with Gasteiger partial charge in [0.25, 0.3) is 5.56 Å². The molecule has 0 saturated heterocycles.